The van der Waals surface area contributed by atoms with E-state index in [0.717, 1.165) is 6.07 Å². The number of ether oxygens (including phenoxy) is 1. The Kier molecular flexibility index (Phi) is 8.53. The Morgan fingerprint density at radius 1 is 1.50 bits per heavy atom. The zero-order valence-corrected chi connectivity index (χ0v) is 12.9. The maximum Gasteiger partial charge on any atom is 0.260 e. The van der Waals surface area contributed by atoms with Gasteiger partial charge in [-0.05, 0) is 38.5 Å². The first-order chi connectivity index (χ1) is 8.90. The number of halogens is 3. The second kappa shape index (κ2) is 9.00. The minimum Gasteiger partial charge on any atom is -0.479 e. The van der Waals surface area contributed by atoms with Gasteiger partial charge in [-0.25, -0.2) is 4.39 Å². The Bertz CT molecular complexity index is 444. The van der Waals surface area contributed by atoms with Gasteiger partial charge in [0.05, 0.1) is 5.02 Å². The SMILES string of the molecule is CC(N)CCNC(=O)C(C)Oc1ccc(F)cc1Cl.Cl. The molecule has 1 aromatic rings. The summed E-state index contributed by atoms with van der Waals surface area (Å²) < 4.78 is 18.2. The lowest BCUT2D eigenvalue weighted by atomic mass is 10.2. The number of rotatable bonds is 6. The van der Waals surface area contributed by atoms with E-state index in [0.29, 0.717) is 13.0 Å². The van der Waals surface area contributed by atoms with Crippen LogP contribution < -0.4 is 15.8 Å². The van der Waals surface area contributed by atoms with E-state index in [1.54, 1.807) is 6.92 Å². The summed E-state index contributed by atoms with van der Waals surface area (Å²) in [6.07, 6.45) is -0.0218. The van der Waals surface area contributed by atoms with E-state index >= 15 is 0 Å². The van der Waals surface area contributed by atoms with Crippen molar-refractivity contribution in [3.05, 3.63) is 29.0 Å². The molecule has 0 heterocycles. The molecule has 0 radical (unpaired) electrons. The quantitative estimate of drug-likeness (QED) is 0.845. The van der Waals surface area contributed by atoms with Gasteiger partial charge >= 0.3 is 0 Å². The topological polar surface area (TPSA) is 64.3 Å². The average Bonchev–Trinajstić information content (AvgIpc) is 2.32. The van der Waals surface area contributed by atoms with Crippen LogP contribution in [0.3, 0.4) is 0 Å². The fourth-order valence-corrected chi connectivity index (χ4v) is 1.59. The van der Waals surface area contributed by atoms with E-state index < -0.39 is 11.9 Å². The molecular weight excluding hydrogens is 306 g/mol. The molecule has 2 atom stereocenters. The number of nitrogens with two attached hydrogens (primary N) is 1. The number of amides is 1. The minimum absolute atomic E-state index is 0. The van der Waals surface area contributed by atoms with E-state index in [2.05, 4.69) is 5.32 Å². The number of hydrogen-bond acceptors (Lipinski definition) is 3. The van der Waals surface area contributed by atoms with Crippen molar-refractivity contribution in [1.29, 1.82) is 0 Å². The van der Waals surface area contributed by atoms with E-state index in [1.807, 2.05) is 6.92 Å². The average molecular weight is 325 g/mol. The first kappa shape index (κ1) is 19.0. The van der Waals surface area contributed by atoms with Crippen molar-refractivity contribution in [2.75, 3.05) is 6.54 Å². The monoisotopic (exact) mass is 324 g/mol. The van der Waals surface area contributed by atoms with Gasteiger partial charge in [-0.3, -0.25) is 4.79 Å². The number of carbonyl (C=O) groups is 1. The van der Waals surface area contributed by atoms with Gasteiger partial charge in [0.1, 0.15) is 11.6 Å². The lowest BCUT2D eigenvalue weighted by Crippen LogP contribution is -2.38. The Morgan fingerprint density at radius 3 is 2.70 bits per heavy atom. The van der Waals surface area contributed by atoms with E-state index in [9.17, 15) is 9.18 Å². The van der Waals surface area contributed by atoms with Gasteiger partial charge in [-0.15, -0.1) is 12.4 Å². The second-order valence-corrected chi connectivity index (χ2v) is 4.80. The number of hydrogen-bond donors (Lipinski definition) is 2. The fraction of sp³-hybridized carbons (Fsp3) is 0.462. The highest BCUT2D eigenvalue weighted by Crippen LogP contribution is 2.25. The van der Waals surface area contributed by atoms with Crippen molar-refractivity contribution in [2.24, 2.45) is 5.73 Å². The summed E-state index contributed by atoms with van der Waals surface area (Å²) >= 11 is 5.81. The van der Waals surface area contributed by atoms with Gasteiger partial charge in [0.2, 0.25) is 0 Å². The minimum atomic E-state index is -0.712. The standard InChI is InChI=1S/C13H18ClFN2O2.ClH/c1-8(16)5-6-17-13(18)9(2)19-12-4-3-10(15)7-11(12)14;/h3-4,7-9H,5-6,16H2,1-2H3,(H,17,18);1H. The predicted octanol–water partition coefficient (Wildman–Crippen LogP) is 2.52. The molecule has 4 nitrogen and oxygen atoms in total. The smallest absolute Gasteiger partial charge is 0.260 e. The van der Waals surface area contributed by atoms with Crippen LogP contribution in [0, 0.1) is 5.82 Å². The molecule has 0 aliphatic rings. The molecule has 0 bridgehead atoms. The molecule has 1 aromatic carbocycles. The van der Waals surface area contributed by atoms with Gasteiger partial charge in [0, 0.05) is 12.6 Å². The van der Waals surface area contributed by atoms with Crippen molar-refractivity contribution >= 4 is 29.9 Å². The highest BCUT2D eigenvalue weighted by atomic mass is 35.5. The van der Waals surface area contributed by atoms with Crippen molar-refractivity contribution in [3.63, 3.8) is 0 Å². The molecule has 1 rings (SSSR count). The Labute approximate surface area is 129 Å². The zero-order valence-electron chi connectivity index (χ0n) is 11.4. The zero-order chi connectivity index (χ0) is 14.4. The second-order valence-electron chi connectivity index (χ2n) is 4.39. The molecule has 0 aromatic heterocycles. The summed E-state index contributed by atoms with van der Waals surface area (Å²) in [4.78, 5) is 11.7. The van der Waals surface area contributed by atoms with Crippen molar-refractivity contribution < 1.29 is 13.9 Å². The Balaban J connectivity index is 0.00000361. The van der Waals surface area contributed by atoms with Crippen LogP contribution in [0.2, 0.25) is 5.02 Å². The third-order valence-corrected chi connectivity index (χ3v) is 2.76. The Hall–Kier alpha value is -1.04. The molecule has 0 spiro atoms. The van der Waals surface area contributed by atoms with Crippen molar-refractivity contribution in [1.82, 2.24) is 5.32 Å². The van der Waals surface area contributed by atoms with Crippen molar-refractivity contribution in [2.45, 2.75) is 32.4 Å². The summed E-state index contributed by atoms with van der Waals surface area (Å²) in [5.74, 6) is -0.440. The van der Waals surface area contributed by atoms with Crippen LogP contribution in [0.1, 0.15) is 20.3 Å². The fourth-order valence-electron chi connectivity index (χ4n) is 1.38. The van der Waals surface area contributed by atoms with Crippen LogP contribution in [0.5, 0.6) is 5.75 Å². The first-order valence-corrected chi connectivity index (χ1v) is 6.43. The van der Waals surface area contributed by atoms with Gasteiger partial charge in [0.15, 0.2) is 6.10 Å². The molecule has 0 aliphatic carbocycles. The van der Waals surface area contributed by atoms with Gasteiger partial charge in [0.25, 0.3) is 5.91 Å². The highest BCUT2D eigenvalue weighted by Gasteiger charge is 2.15. The predicted molar refractivity (Wildman–Crippen MR) is 80.0 cm³/mol. The molecule has 0 saturated heterocycles. The molecular formula is C13H19Cl2FN2O2. The van der Waals surface area contributed by atoms with E-state index in [-0.39, 0.29) is 35.1 Å². The summed E-state index contributed by atoms with van der Waals surface area (Å²) in [6, 6.07) is 3.78. The highest BCUT2D eigenvalue weighted by molar-refractivity contribution is 6.32. The van der Waals surface area contributed by atoms with Gasteiger partial charge < -0.3 is 15.8 Å². The van der Waals surface area contributed by atoms with Crippen molar-refractivity contribution in [3.8, 4) is 5.75 Å². The largest absolute Gasteiger partial charge is 0.479 e. The maximum atomic E-state index is 12.9. The molecule has 114 valence electrons. The number of carbonyl (C=O) groups excluding carboxylic acids is 1. The van der Waals surface area contributed by atoms with Gasteiger partial charge in [-0.1, -0.05) is 11.6 Å². The van der Waals surface area contributed by atoms with Crippen LogP contribution >= 0.6 is 24.0 Å². The molecule has 2 unspecified atom stereocenters. The van der Waals surface area contributed by atoms with Gasteiger partial charge in [-0.2, -0.15) is 0 Å². The molecule has 0 aliphatic heterocycles. The Morgan fingerprint density at radius 2 is 2.15 bits per heavy atom. The summed E-state index contributed by atoms with van der Waals surface area (Å²) in [5, 5.41) is 2.84. The van der Waals surface area contributed by atoms with Crippen LogP contribution in [0.4, 0.5) is 4.39 Å². The summed E-state index contributed by atoms with van der Waals surface area (Å²) in [6.45, 7) is 3.95. The number of nitrogens with one attached hydrogen (secondary N) is 1. The molecule has 20 heavy (non-hydrogen) atoms. The lowest BCUT2D eigenvalue weighted by Gasteiger charge is -2.16. The third kappa shape index (κ3) is 6.41. The van der Waals surface area contributed by atoms with Crippen LogP contribution in [0.15, 0.2) is 18.2 Å². The lowest BCUT2D eigenvalue weighted by molar-refractivity contribution is -0.127. The molecule has 3 N–H and O–H groups in total. The third-order valence-electron chi connectivity index (χ3n) is 2.47. The number of benzene rings is 1. The first-order valence-electron chi connectivity index (χ1n) is 6.05. The van der Waals surface area contributed by atoms with E-state index in [4.69, 9.17) is 22.1 Å². The van der Waals surface area contributed by atoms with Crippen LogP contribution in [-0.2, 0) is 4.79 Å². The van der Waals surface area contributed by atoms with Crippen LogP contribution in [-0.4, -0.2) is 24.6 Å². The summed E-state index contributed by atoms with van der Waals surface area (Å²) in [7, 11) is 0. The molecule has 7 heteroatoms. The van der Waals surface area contributed by atoms with Crippen LogP contribution in [0.25, 0.3) is 0 Å². The normalized spacial score (nSPS) is 13.1. The van der Waals surface area contributed by atoms with E-state index in [1.165, 1.54) is 12.1 Å². The molecule has 1 amide bonds. The molecule has 0 saturated carbocycles. The molecule has 0 fully saturated rings. The summed E-state index contributed by atoms with van der Waals surface area (Å²) in [5.41, 5.74) is 5.58. The maximum absolute atomic E-state index is 12.9.